The second kappa shape index (κ2) is 8.47. The van der Waals surface area contributed by atoms with Crippen molar-refractivity contribution in [3.05, 3.63) is 42.0 Å². The van der Waals surface area contributed by atoms with E-state index in [0.717, 1.165) is 36.2 Å². The fourth-order valence-corrected chi connectivity index (χ4v) is 4.95. The molecule has 0 spiro atoms. The zero-order chi connectivity index (χ0) is 23.1. The fraction of sp³-hybridized carbons (Fsp3) is 0.480. The summed E-state index contributed by atoms with van der Waals surface area (Å²) in [6.07, 6.45) is 8.97. The third-order valence-corrected chi connectivity index (χ3v) is 6.96. The average molecular weight is 444 g/mol. The lowest BCUT2D eigenvalue weighted by atomic mass is 9.80. The highest BCUT2D eigenvalue weighted by molar-refractivity contribution is 5.93. The molecule has 1 atom stereocenters. The molecule has 0 N–H and O–H groups in total. The van der Waals surface area contributed by atoms with Crippen LogP contribution in [0.1, 0.15) is 57.1 Å². The van der Waals surface area contributed by atoms with Gasteiger partial charge in [-0.3, -0.25) is 9.36 Å². The number of carbonyl (C=O) groups is 1. The van der Waals surface area contributed by atoms with Gasteiger partial charge < -0.3 is 9.80 Å². The van der Waals surface area contributed by atoms with Crippen LogP contribution in [-0.2, 0) is 4.79 Å². The van der Waals surface area contributed by atoms with E-state index in [4.69, 9.17) is 4.98 Å². The van der Waals surface area contributed by atoms with Crippen LogP contribution >= 0.6 is 0 Å². The van der Waals surface area contributed by atoms with E-state index in [0.29, 0.717) is 30.4 Å². The zero-order valence-corrected chi connectivity index (χ0v) is 19.4. The molecule has 8 heteroatoms. The number of hydrogen-bond donors (Lipinski definition) is 0. The van der Waals surface area contributed by atoms with Crippen molar-refractivity contribution in [1.82, 2.24) is 24.4 Å². The predicted octanol–water partition coefficient (Wildman–Crippen LogP) is 3.65. The molecule has 1 aliphatic carbocycles. The highest BCUT2D eigenvalue weighted by atomic mass is 16.2. The molecular formula is C25H29N7O. The smallest absolute Gasteiger partial charge is 0.225 e. The van der Waals surface area contributed by atoms with Gasteiger partial charge in [0, 0.05) is 44.0 Å². The molecule has 1 aliphatic heterocycles. The first-order chi connectivity index (χ1) is 16.0. The van der Waals surface area contributed by atoms with E-state index in [-0.39, 0.29) is 17.9 Å². The number of amides is 1. The lowest BCUT2D eigenvalue weighted by Gasteiger charge is -2.41. The molecule has 8 nitrogen and oxygen atoms in total. The maximum atomic E-state index is 12.5. The molecule has 4 heterocycles. The van der Waals surface area contributed by atoms with Gasteiger partial charge in [-0.05, 0) is 43.4 Å². The number of hydrogen-bond acceptors (Lipinski definition) is 6. The molecule has 0 unspecified atom stereocenters. The number of carbonyl (C=O) groups excluding carboxylic acids is 1. The summed E-state index contributed by atoms with van der Waals surface area (Å²) in [5.41, 5.74) is 2.64. The molecule has 3 aromatic heterocycles. The van der Waals surface area contributed by atoms with Crippen LogP contribution in [0.2, 0.25) is 0 Å². The number of fused-ring (bicyclic) bond motifs is 1. The third-order valence-electron chi connectivity index (χ3n) is 6.96. The van der Waals surface area contributed by atoms with Gasteiger partial charge in [0.1, 0.15) is 18.0 Å². The number of rotatable bonds is 4. The van der Waals surface area contributed by atoms with Crippen LogP contribution in [0.25, 0.3) is 16.9 Å². The Labute approximate surface area is 193 Å². The van der Waals surface area contributed by atoms with Crippen molar-refractivity contribution in [1.29, 1.82) is 5.26 Å². The van der Waals surface area contributed by atoms with E-state index in [9.17, 15) is 10.1 Å². The Morgan fingerprint density at radius 1 is 1.21 bits per heavy atom. The maximum absolute atomic E-state index is 12.5. The number of piperazine rings is 1. The van der Waals surface area contributed by atoms with E-state index in [2.05, 4.69) is 34.1 Å². The molecule has 5 rings (SSSR count). The van der Waals surface area contributed by atoms with Gasteiger partial charge in [-0.15, -0.1) is 0 Å². The standard InChI is InChI=1S/C25H29N7O/c1-16(2)25(33)30-9-10-31(17(3)13-30)23-22-20(19-5-4-6-19)14-32(24(22)29-15-28-23)21-11-18(12-26)7-8-27-21/h7-8,11,14-17,19H,4-6,9-10,13H2,1-3H3/t17-/m0/s1. The molecule has 2 aliphatic rings. The molecule has 3 aromatic rings. The summed E-state index contributed by atoms with van der Waals surface area (Å²) in [4.78, 5) is 30.8. The van der Waals surface area contributed by atoms with E-state index < -0.39 is 0 Å². The van der Waals surface area contributed by atoms with Crippen molar-refractivity contribution in [2.75, 3.05) is 24.5 Å². The molecule has 1 saturated carbocycles. The van der Waals surface area contributed by atoms with Crippen LogP contribution in [0.3, 0.4) is 0 Å². The van der Waals surface area contributed by atoms with E-state index in [1.165, 1.54) is 12.0 Å². The monoisotopic (exact) mass is 443 g/mol. The van der Waals surface area contributed by atoms with Gasteiger partial charge in [0.15, 0.2) is 5.65 Å². The third kappa shape index (κ3) is 3.71. The summed E-state index contributed by atoms with van der Waals surface area (Å²) in [6, 6.07) is 5.86. The molecule has 33 heavy (non-hydrogen) atoms. The SMILES string of the molecule is CC(C)C(=O)N1CCN(c2ncnc3c2c(C2CCC2)cn3-c2cc(C#N)ccn2)[C@@H](C)C1. The molecule has 170 valence electrons. The predicted molar refractivity (Wildman–Crippen MR) is 126 cm³/mol. The summed E-state index contributed by atoms with van der Waals surface area (Å²) in [5, 5.41) is 10.4. The first kappa shape index (κ1) is 21.4. The molecule has 2 fully saturated rings. The Morgan fingerprint density at radius 3 is 2.70 bits per heavy atom. The molecular weight excluding hydrogens is 414 g/mol. The fourth-order valence-electron chi connectivity index (χ4n) is 4.95. The van der Waals surface area contributed by atoms with Crippen LogP contribution in [0, 0.1) is 17.2 Å². The van der Waals surface area contributed by atoms with Gasteiger partial charge in [-0.1, -0.05) is 20.3 Å². The van der Waals surface area contributed by atoms with Crippen LogP contribution in [0.15, 0.2) is 30.9 Å². The van der Waals surface area contributed by atoms with Crippen molar-refractivity contribution in [2.45, 2.75) is 52.0 Å². The van der Waals surface area contributed by atoms with E-state index in [1.54, 1.807) is 24.7 Å². The minimum Gasteiger partial charge on any atom is -0.350 e. The highest BCUT2D eigenvalue weighted by Crippen LogP contribution is 2.43. The van der Waals surface area contributed by atoms with Crippen LogP contribution < -0.4 is 4.90 Å². The van der Waals surface area contributed by atoms with Gasteiger partial charge in [0.25, 0.3) is 0 Å². The summed E-state index contributed by atoms with van der Waals surface area (Å²) >= 11 is 0. The van der Waals surface area contributed by atoms with Gasteiger partial charge in [0.05, 0.1) is 17.0 Å². The van der Waals surface area contributed by atoms with Gasteiger partial charge in [0.2, 0.25) is 5.91 Å². The lowest BCUT2D eigenvalue weighted by Crippen LogP contribution is -2.54. The Hall–Kier alpha value is -3.47. The summed E-state index contributed by atoms with van der Waals surface area (Å²) < 4.78 is 2.00. The average Bonchev–Trinajstić information content (AvgIpc) is 3.17. The largest absolute Gasteiger partial charge is 0.350 e. The maximum Gasteiger partial charge on any atom is 0.225 e. The molecule has 0 bridgehead atoms. The number of pyridine rings is 1. The van der Waals surface area contributed by atoms with Crippen molar-refractivity contribution >= 4 is 22.8 Å². The number of nitrogens with zero attached hydrogens (tertiary/aromatic N) is 7. The summed E-state index contributed by atoms with van der Waals surface area (Å²) in [6.45, 7) is 8.19. The van der Waals surface area contributed by atoms with E-state index >= 15 is 0 Å². The van der Waals surface area contributed by atoms with Crippen molar-refractivity contribution in [3.8, 4) is 11.9 Å². The van der Waals surface area contributed by atoms with E-state index in [1.807, 2.05) is 23.3 Å². The second-order valence-corrected chi connectivity index (χ2v) is 9.47. The van der Waals surface area contributed by atoms with Crippen molar-refractivity contribution in [3.63, 3.8) is 0 Å². The number of nitriles is 1. The van der Waals surface area contributed by atoms with Gasteiger partial charge in [-0.25, -0.2) is 15.0 Å². The minimum absolute atomic E-state index is 0.00503. The molecule has 0 aromatic carbocycles. The topological polar surface area (TPSA) is 90.9 Å². The Kier molecular flexibility index (Phi) is 5.49. The second-order valence-electron chi connectivity index (χ2n) is 9.47. The first-order valence-corrected chi connectivity index (χ1v) is 11.8. The van der Waals surface area contributed by atoms with Crippen LogP contribution in [0.4, 0.5) is 5.82 Å². The molecule has 0 radical (unpaired) electrons. The van der Waals surface area contributed by atoms with Gasteiger partial charge in [-0.2, -0.15) is 5.26 Å². The Bertz CT molecular complexity index is 1240. The minimum atomic E-state index is 0.00503. The molecule has 1 saturated heterocycles. The van der Waals surface area contributed by atoms with Crippen molar-refractivity contribution < 1.29 is 4.79 Å². The summed E-state index contributed by atoms with van der Waals surface area (Å²) in [7, 11) is 0. The Morgan fingerprint density at radius 2 is 2.03 bits per heavy atom. The van der Waals surface area contributed by atoms with Crippen molar-refractivity contribution in [2.24, 2.45) is 5.92 Å². The van der Waals surface area contributed by atoms with Crippen LogP contribution in [0.5, 0.6) is 0 Å². The zero-order valence-electron chi connectivity index (χ0n) is 19.4. The normalized spacial score (nSPS) is 19.1. The number of aromatic nitrogens is 4. The Balaban J connectivity index is 1.59. The quantitative estimate of drug-likeness (QED) is 0.611. The van der Waals surface area contributed by atoms with Gasteiger partial charge >= 0.3 is 0 Å². The molecule has 1 amide bonds. The number of anilines is 1. The lowest BCUT2D eigenvalue weighted by molar-refractivity contribution is -0.135. The highest BCUT2D eigenvalue weighted by Gasteiger charge is 2.33. The van der Waals surface area contributed by atoms with Crippen LogP contribution in [-0.4, -0.2) is 56.0 Å². The first-order valence-electron chi connectivity index (χ1n) is 11.8. The summed E-state index contributed by atoms with van der Waals surface area (Å²) in [5.74, 6) is 2.32.